The quantitative estimate of drug-likeness (QED) is 0.461. The van der Waals surface area contributed by atoms with Crippen molar-refractivity contribution in [3.8, 4) is 17.1 Å². The first-order chi connectivity index (χ1) is 13.0. The van der Waals surface area contributed by atoms with Gasteiger partial charge in [-0.3, -0.25) is 4.79 Å². The predicted molar refractivity (Wildman–Crippen MR) is 107 cm³/mol. The minimum Gasteiger partial charge on any atom is -0.482 e. The monoisotopic (exact) mass is 402 g/mol. The Bertz CT molecular complexity index is 983. The normalized spacial score (nSPS) is 10.9. The van der Waals surface area contributed by atoms with Gasteiger partial charge in [-0.1, -0.05) is 47.5 Å². The highest BCUT2D eigenvalue weighted by molar-refractivity contribution is 6.32. The fourth-order valence-electron chi connectivity index (χ4n) is 2.23. The summed E-state index contributed by atoms with van der Waals surface area (Å²) in [4.78, 5) is 11.8. The van der Waals surface area contributed by atoms with E-state index in [-0.39, 0.29) is 6.61 Å². The van der Waals surface area contributed by atoms with Crippen molar-refractivity contribution in [1.29, 1.82) is 0 Å². The Morgan fingerprint density at radius 1 is 1.15 bits per heavy atom. The minimum atomic E-state index is -0.414. The van der Waals surface area contributed by atoms with E-state index in [2.05, 4.69) is 10.5 Å². The second kappa shape index (κ2) is 8.75. The van der Waals surface area contributed by atoms with Crippen LogP contribution in [0.2, 0.25) is 10.0 Å². The van der Waals surface area contributed by atoms with Crippen LogP contribution < -0.4 is 10.2 Å². The van der Waals surface area contributed by atoms with Crippen molar-refractivity contribution in [1.82, 2.24) is 5.43 Å². The fraction of sp³-hybridized carbons (Fsp3) is 0.100. The molecule has 0 atom stereocenters. The SMILES string of the molecule is Cc1ccc(-c2ccc(C=NNC(=O)COc3ccccc3Cl)o2)cc1Cl. The predicted octanol–water partition coefficient (Wildman–Crippen LogP) is 5.09. The summed E-state index contributed by atoms with van der Waals surface area (Å²) in [6, 6.07) is 16.2. The zero-order valence-corrected chi connectivity index (χ0v) is 15.9. The molecular formula is C20H16Cl2N2O3. The number of hydrogen-bond donors (Lipinski definition) is 1. The average molecular weight is 403 g/mol. The molecule has 3 aromatic rings. The lowest BCUT2D eigenvalue weighted by Crippen LogP contribution is -2.24. The number of hydrazone groups is 1. The summed E-state index contributed by atoms with van der Waals surface area (Å²) in [7, 11) is 0. The fourth-order valence-corrected chi connectivity index (χ4v) is 2.60. The number of aryl methyl sites for hydroxylation is 1. The number of nitrogens with zero attached hydrogens (tertiary/aromatic N) is 1. The van der Waals surface area contributed by atoms with E-state index in [0.29, 0.717) is 27.3 Å². The largest absolute Gasteiger partial charge is 0.482 e. The van der Waals surface area contributed by atoms with Gasteiger partial charge < -0.3 is 9.15 Å². The van der Waals surface area contributed by atoms with Crippen molar-refractivity contribution in [3.05, 3.63) is 76.0 Å². The van der Waals surface area contributed by atoms with Gasteiger partial charge in [0.1, 0.15) is 17.3 Å². The van der Waals surface area contributed by atoms with Crippen LogP contribution in [-0.4, -0.2) is 18.7 Å². The van der Waals surface area contributed by atoms with Crippen LogP contribution in [0.25, 0.3) is 11.3 Å². The number of rotatable bonds is 6. The maximum absolute atomic E-state index is 11.8. The van der Waals surface area contributed by atoms with Crippen LogP contribution in [0.5, 0.6) is 5.75 Å². The number of benzene rings is 2. The van der Waals surface area contributed by atoms with Gasteiger partial charge in [-0.15, -0.1) is 0 Å². The Balaban J connectivity index is 1.54. The molecule has 7 heteroatoms. The van der Waals surface area contributed by atoms with Crippen LogP contribution in [0.3, 0.4) is 0 Å². The van der Waals surface area contributed by atoms with Gasteiger partial charge in [-0.05, 0) is 42.8 Å². The Labute approximate surface area is 166 Å². The molecular weight excluding hydrogens is 387 g/mol. The number of carbonyl (C=O) groups excluding carboxylic acids is 1. The number of hydrogen-bond acceptors (Lipinski definition) is 4. The first kappa shape index (κ1) is 19.0. The van der Waals surface area contributed by atoms with Gasteiger partial charge in [-0.2, -0.15) is 5.10 Å². The molecule has 138 valence electrons. The van der Waals surface area contributed by atoms with Crippen LogP contribution in [0.4, 0.5) is 0 Å². The Hall–Kier alpha value is -2.76. The summed E-state index contributed by atoms with van der Waals surface area (Å²) in [5.74, 6) is 1.18. The lowest BCUT2D eigenvalue weighted by Gasteiger charge is -2.06. The van der Waals surface area contributed by atoms with Crippen LogP contribution in [0.15, 0.2) is 64.1 Å². The molecule has 0 bridgehead atoms. The van der Waals surface area contributed by atoms with Gasteiger partial charge in [0.2, 0.25) is 0 Å². The molecule has 0 saturated carbocycles. The summed E-state index contributed by atoms with van der Waals surface area (Å²) < 4.78 is 11.0. The third-order valence-electron chi connectivity index (χ3n) is 3.66. The van der Waals surface area contributed by atoms with Gasteiger partial charge >= 0.3 is 0 Å². The maximum Gasteiger partial charge on any atom is 0.277 e. The lowest BCUT2D eigenvalue weighted by atomic mass is 10.1. The van der Waals surface area contributed by atoms with Crippen molar-refractivity contribution in [2.45, 2.75) is 6.92 Å². The van der Waals surface area contributed by atoms with Gasteiger partial charge in [0.05, 0.1) is 11.2 Å². The molecule has 27 heavy (non-hydrogen) atoms. The molecule has 0 spiro atoms. The number of furan rings is 1. The van der Waals surface area contributed by atoms with Crippen LogP contribution >= 0.6 is 23.2 Å². The molecule has 3 rings (SSSR count). The highest BCUT2D eigenvalue weighted by Gasteiger charge is 2.07. The van der Waals surface area contributed by atoms with E-state index in [4.69, 9.17) is 32.4 Å². The number of amides is 1. The molecule has 0 unspecified atom stereocenters. The molecule has 0 aliphatic rings. The van der Waals surface area contributed by atoms with Crippen molar-refractivity contribution in [2.24, 2.45) is 5.10 Å². The van der Waals surface area contributed by atoms with E-state index in [9.17, 15) is 4.79 Å². The average Bonchev–Trinajstić information content (AvgIpc) is 3.12. The molecule has 5 nitrogen and oxygen atoms in total. The molecule has 1 amide bonds. The maximum atomic E-state index is 11.8. The lowest BCUT2D eigenvalue weighted by molar-refractivity contribution is -0.123. The van der Waals surface area contributed by atoms with Gasteiger partial charge in [0, 0.05) is 10.6 Å². The molecule has 1 heterocycles. The van der Waals surface area contributed by atoms with Crippen molar-refractivity contribution in [3.63, 3.8) is 0 Å². The topological polar surface area (TPSA) is 63.8 Å². The van der Waals surface area contributed by atoms with E-state index < -0.39 is 5.91 Å². The first-order valence-corrected chi connectivity index (χ1v) is 8.84. The minimum absolute atomic E-state index is 0.202. The van der Waals surface area contributed by atoms with Gasteiger partial charge in [0.25, 0.3) is 5.91 Å². The summed E-state index contributed by atoms with van der Waals surface area (Å²) in [6.07, 6.45) is 1.41. The van der Waals surface area contributed by atoms with E-state index in [1.54, 1.807) is 30.3 Å². The van der Waals surface area contributed by atoms with E-state index in [0.717, 1.165) is 11.1 Å². The number of carbonyl (C=O) groups is 1. The molecule has 0 radical (unpaired) electrons. The molecule has 2 aromatic carbocycles. The second-order valence-electron chi connectivity index (χ2n) is 5.68. The van der Waals surface area contributed by atoms with Crippen LogP contribution in [0, 0.1) is 6.92 Å². The molecule has 0 aliphatic heterocycles. The van der Waals surface area contributed by atoms with Gasteiger partial charge in [-0.25, -0.2) is 5.43 Å². The first-order valence-electron chi connectivity index (χ1n) is 8.08. The van der Waals surface area contributed by atoms with Crippen molar-refractivity contribution in [2.75, 3.05) is 6.61 Å². The van der Waals surface area contributed by atoms with E-state index in [1.165, 1.54) is 6.21 Å². The van der Waals surface area contributed by atoms with Crippen molar-refractivity contribution < 1.29 is 13.9 Å². The zero-order chi connectivity index (χ0) is 19.2. The summed E-state index contributed by atoms with van der Waals surface area (Å²) in [5.41, 5.74) is 4.23. The smallest absolute Gasteiger partial charge is 0.277 e. The highest BCUT2D eigenvalue weighted by Crippen LogP contribution is 2.26. The van der Waals surface area contributed by atoms with Crippen LogP contribution in [0.1, 0.15) is 11.3 Å². The summed E-state index contributed by atoms with van der Waals surface area (Å²) in [5, 5.41) is 4.97. The molecule has 0 fully saturated rings. The second-order valence-corrected chi connectivity index (χ2v) is 6.49. The Morgan fingerprint density at radius 3 is 2.74 bits per heavy atom. The Kier molecular flexibility index (Phi) is 6.16. The third-order valence-corrected chi connectivity index (χ3v) is 4.38. The molecule has 0 aliphatic carbocycles. The third kappa shape index (κ3) is 5.12. The van der Waals surface area contributed by atoms with Crippen LogP contribution in [-0.2, 0) is 4.79 Å². The number of para-hydroxylation sites is 1. The number of nitrogens with one attached hydrogen (secondary N) is 1. The van der Waals surface area contributed by atoms with E-state index >= 15 is 0 Å². The summed E-state index contributed by atoms with van der Waals surface area (Å²) >= 11 is 12.1. The number of ether oxygens (including phenoxy) is 1. The Morgan fingerprint density at radius 2 is 1.96 bits per heavy atom. The highest BCUT2D eigenvalue weighted by atomic mass is 35.5. The zero-order valence-electron chi connectivity index (χ0n) is 14.4. The molecule has 0 saturated heterocycles. The summed E-state index contributed by atoms with van der Waals surface area (Å²) in [6.45, 7) is 1.73. The molecule has 1 N–H and O–H groups in total. The van der Waals surface area contributed by atoms with Crippen molar-refractivity contribution >= 4 is 35.3 Å². The van der Waals surface area contributed by atoms with Gasteiger partial charge in [0.15, 0.2) is 6.61 Å². The number of halogens is 2. The standard InChI is InChI=1S/C20H16Cl2N2O3/c1-13-6-7-14(10-17(13)22)18-9-8-15(27-18)11-23-24-20(25)12-26-19-5-3-2-4-16(19)21/h2-11H,12H2,1H3,(H,24,25). The van der Waals surface area contributed by atoms with E-state index in [1.807, 2.05) is 31.2 Å². The molecule has 1 aromatic heterocycles.